The Morgan fingerprint density at radius 3 is 2.31 bits per heavy atom. The van der Waals surface area contributed by atoms with Crippen molar-refractivity contribution in [1.82, 2.24) is 4.90 Å². The average Bonchev–Trinajstić information content (AvgIpc) is 2.61. The van der Waals surface area contributed by atoms with E-state index in [2.05, 4.69) is 23.8 Å². The zero-order valence-electron chi connectivity index (χ0n) is 15.5. The minimum Gasteiger partial charge on any atom is -0.337 e. The highest BCUT2D eigenvalue weighted by atomic mass is 32.2. The quantitative estimate of drug-likeness (QED) is 0.766. The van der Waals surface area contributed by atoms with Crippen LogP contribution in [0.1, 0.15) is 41.8 Å². The lowest BCUT2D eigenvalue weighted by molar-refractivity contribution is 0.0785. The minimum absolute atomic E-state index is 0.0544. The third kappa shape index (κ3) is 5.59. The molecule has 0 saturated heterocycles. The molecule has 0 aromatic heterocycles. The Morgan fingerprint density at radius 1 is 1.04 bits per heavy atom. The molecular formula is C20H26N2O3S. The van der Waals surface area contributed by atoms with Crippen LogP contribution in [0, 0.1) is 0 Å². The van der Waals surface area contributed by atoms with Crippen LogP contribution in [-0.2, 0) is 23.0 Å². The third-order valence-corrected chi connectivity index (χ3v) is 5.55. The first-order valence-electron chi connectivity index (χ1n) is 8.78. The van der Waals surface area contributed by atoms with Crippen LogP contribution in [0.4, 0.5) is 5.69 Å². The zero-order valence-corrected chi connectivity index (χ0v) is 16.3. The molecule has 140 valence electrons. The molecule has 2 aromatic carbocycles. The summed E-state index contributed by atoms with van der Waals surface area (Å²) in [5, 5.41) is 0. The van der Waals surface area contributed by atoms with Crippen molar-refractivity contribution in [2.45, 2.75) is 33.2 Å². The highest BCUT2D eigenvalue weighted by Crippen LogP contribution is 2.16. The number of anilines is 1. The van der Waals surface area contributed by atoms with Crippen LogP contribution in [0.3, 0.4) is 0 Å². The van der Waals surface area contributed by atoms with Gasteiger partial charge < -0.3 is 4.90 Å². The van der Waals surface area contributed by atoms with Gasteiger partial charge in [0.1, 0.15) is 0 Å². The molecule has 0 aliphatic heterocycles. The molecule has 6 heteroatoms. The van der Waals surface area contributed by atoms with Crippen molar-refractivity contribution in [3.05, 3.63) is 65.2 Å². The second-order valence-corrected chi connectivity index (χ2v) is 8.17. The van der Waals surface area contributed by atoms with Gasteiger partial charge in [-0.1, -0.05) is 44.2 Å². The van der Waals surface area contributed by atoms with Crippen molar-refractivity contribution < 1.29 is 13.2 Å². The summed E-state index contributed by atoms with van der Waals surface area (Å²) in [4.78, 5) is 14.3. The Balaban J connectivity index is 2.09. The molecule has 2 rings (SSSR count). The number of carbonyl (C=O) groups excluding carboxylic acids is 1. The molecule has 0 heterocycles. The van der Waals surface area contributed by atoms with E-state index in [0.717, 1.165) is 12.0 Å². The molecule has 0 radical (unpaired) electrons. The molecule has 5 nitrogen and oxygen atoms in total. The standard InChI is InChI=1S/C20H26N2O3S/c1-4-13-26(24,25)21-19-8-6-7-18(14-19)20(23)22(3)15-17-11-9-16(5-2)10-12-17/h6-12,14,21H,4-5,13,15H2,1-3H3. The van der Waals surface area contributed by atoms with Gasteiger partial charge in [-0.3, -0.25) is 9.52 Å². The van der Waals surface area contributed by atoms with Gasteiger partial charge in [0.25, 0.3) is 5.91 Å². The SMILES string of the molecule is CCCS(=O)(=O)Nc1cccc(C(=O)N(C)Cc2ccc(CC)cc2)c1. The molecule has 0 aliphatic carbocycles. The number of rotatable bonds is 8. The molecule has 0 aliphatic rings. The van der Waals surface area contributed by atoms with E-state index < -0.39 is 10.0 Å². The Hall–Kier alpha value is -2.34. The van der Waals surface area contributed by atoms with E-state index in [0.29, 0.717) is 24.2 Å². The van der Waals surface area contributed by atoms with E-state index >= 15 is 0 Å². The largest absolute Gasteiger partial charge is 0.337 e. The van der Waals surface area contributed by atoms with Crippen molar-refractivity contribution >= 4 is 21.6 Å². The number of hydrogen-bond acceptors (Lipinski definition) is 3. The van der Waals surface area contributed by atoms with Gasteiger partial charge in [-0.2, -0.15) is 0 Å². The van der Waals surface area contributed by atoms with Gasteiger partial charge in [0, 0.05) is 24.8 Å². The number of amides is 1. The van der Waals surface area contributed by atoms with E-state index in [4.69, 9.17) is 0 Å². The first kappa shape index (κ1) is 20.0. The number of sulfonamides is 1. The molecule has 0 unspecified atom stereocenters. The van der Waals surface area contributed by atoms with Gasteiger partial charge >= 0.3 is 0 Å². The topological polar surface area (TPSA) is 66.5 Å². The second kappa shape index (κ2) is 8.85. The van der Waals surface area contributed by atoms with Crippen molar-refractivity contribution in [3.8, 4) is 0 Å². The summed E-state index contributed by atoms with van der Waals surface area (Å²) in [6.45, 7) is 4.40. The average molecular weight is 375 g/mol. The summed E-state index contributed by atoms with van der Waals surface area (Å²) in [5.41, 5.74) is 3.17. The molecule has 0 bridgehead atoms. The first-order valence-corrected chi connectivity index (χ1v) is 10.4. The summed E-state index contributed by atoms with van der Waals surface area (Å²) >= 11 is 0. The summed E-state index contributed by atoms with van der Waals surface area (Å²) in [6.07, 6.45) is 1.52. The number of hydrogen-bond donors (Lipinski definition) is 1. The first-order chi connectivity index (χ1) is 12.3. The number of benzene rings is 2. The molecule has 2 aromatic rings. The highest BCUT2D eigenvalue weighted by molar-refractivity contribution is 7.92. The maximum Gasteiger partial charge on any atom is 0.253 e. The molecule has 1 N–H and O–H groups in total. The van der Waals surface area contributed by atoms with E-state index in [9.17, 15) is 13.2 Å². The fourth-order valence-electron chi connectivity index (χ4n) is 2.66. The van der Waals surface area contributed by atoms with Gasteiger partial charge in [0.05, 0.1) is 5.75 Å². The molecular weight excluding hydrogens is 348 g/mol. The lowest BCUT2D eigenvalue weighted by Crippen LogP contribution is -2.26. The van der Waals surface area contributed by atoms with E-state index in [1.165, 1.54) is 5.56 Å². The summed E-state index contributed by atoms with van der Waals surface area (Å²) < 4.78 is 26.3. The van der Waals surface area contributed by atoms with Crippen LogP contribution in [0.25, 0.3) is 0 Å². The normalized spacial score (nSPS) is 11.2. The smallest absolute Gasteiger partial charge is 0.253 e. The predicted molar refractivity (Wildman–Crippen MR) is 106 cm³/mol. The molecule has 1 amide bonds. The number of carbonyl (C=O) groups is 1. The predicted octanol–water partition coefficient (Wildman–Crippen LogP) is 3.67. The minimum atomic E-state index is -3.38. The van der Waals surface area contributed by atoms with Gasteiger partial charge in [0.15, 0.2) is 0 Å². The second-order valence-electron chi connectivity index (χ2n) is 6.33. The van der Waals surface area contributed by atoms with Crippen LogP contribution in [-0.4, -0.2) is 32.0 Å². The number of nitrogens with one attached hydrogen (secondary N) is 1. The summed E-state index contributed by atoms with van der Waals surface area (Å²) in [7, 11) is -1.64. The maximum atomic E-state index is 12.7. The van der Waals surface area contributed by atoms with Crippen molar-refractivity contribution in [1.29, 1.82) is 0 Å². The lowest BCUT2D eigenvalue weighted by atomic mass is 10.1. The van der Waals surface area contributed by atoms with E-state index in [-0.39, 0.29) is 11.7 Å². The Morgan fingerprint density at radius 2 is 1.69 bits per heavy atom. The van der Waals surface area contributed by atoms with Crippen molar-refractivity contribution in [2.75, 3.05) is 17.5 Å². The molecule has 0 saturated carbocycles. The van der Waals surface area contributed by atoms with E-state index in [1.54, 1.807) is 43.1 Å². The van der Waals surface area contributed by atoms with Crippen molar-refractivity contribution in [3.63, 3.8) is 0 Å². The number of nitrogens with zero attached hydrogens (tertiary/aromatic N) is 1. The van der Waals surface area contributed by atoms with Crippen LogP contribution in [0.5, 0.6) is 0 Å². The maximum absolute atomic E-state index is 12.7. The van der Waals surface area contributed by atoms with E-state index in [1.807, 2.05) is 12.1 Å². The molecule has 0 spiro atoms. The summed E-state index contributed by atoms with van der Waals surface area (Å²) in [5.74, 6) is -0.0974. The van der Waals surface area contributed by atoms with Gasteiger partial charge in [-0.25, -0.2) is 8.42 Å². The Kier molecular flexibility index (Phi) is 6.80. The lowest BCUT2D eigenvalue weighted by Gasteiger charge is -2.18. The molecule has 26 heavy (non-hydrogen) atoms. The zero-order chi connectivity index (χ0) is 19.2. The molecule has 0 fully saturated rings. The van der Waals surface area contributed by atoms with Gasteiger partial charge in [0.2, 0.25) is 10.0 Å². The van der Waals surface area contributed by atoms with Crippen molar-refractivity contribution in [2.24, 2.45) is 0 Å². The molecule has 0 atom stereocenters. The van der Waals surface area contributed by atoms with Gasteiger partial charge in [-0.05, 0) is 42.2 Å². The van der Waals surface area contributed by atoms with Crippen LogP contribution < -0.4 is 4.72 Å². The summed E-state index contributed by atoms with van der Waals surface area (Å²) in [6, 6.07) is 14.8. The fraction of sp³-hybridized carbons (Fsp3) is 0.350. The van der Waals surface area contributed by atoms with Crippen LogP contribution in [0.15, 0.2) is 48.5 Å². The van der Waals surface area contributed by atoms with Crippen LogP contribution >= 0.6 is 0 Å². The third-order valence-electron chi connectivity index (χ3n) is 4.05. The van der Waals surface area contributed by atoms with Crippen LogP contribution in [0.2, 0.25) is 0 Å². The number of aryl methyl sites for hydroxylation is 1. The highest BCUT2D eigenvalue weighted by Gasteiger charge is 2.14. The Bertz CT molecular complexity index is 846. The monoisotopic (exact) mass is 374 g/mol. The fourth-order valence-corrected chi connectivity index (χ4v) is 3.79. The van der Waals surface area contributed by atoms with Gasteiger partial charge in [-0.15, -0.1) is 0 Å². The Labute approximate surface area is 156 Å².